The molecular weight excluding hydrogens is 220 g/mol. The Labute approximate surface area is 109 Å². The number of benzene rings is 1. The second-order valence-electron chi connectivity index (χ2n) is 4.54. The monoisotopic (exact) mass is 240 g/mol. The van der Waals surface area contributed by atoms with Crippen molar-refractivity contribution in [2.24, 2.45) is 0 Å². The lowest BCUT2D eigenvalue weighted by Gasteiger charge is -2.14. The summed E-state index contributed by atoms with van der Waals surface area (Å²) < 4.78 is 0. The maximum absolute atomic E-state index is 4.17. The molecule has 18 heavy (non-hydrogen) atoms. The van der Waals surface area contributed by atoms with E-state index in [9.17, 15) is 0 Å². The summed E-state index contributed by atoms with van der Waals surface area (Å²) in [7, 11) is 0. The summed E-state index contributed by atoms with van der Waals surface area (Å²) in [6, 6.07) is 13.1. The number of rotatable bonds is 5. The molecule has 0 bridgehead atoms. The summed E-state index contributed by atoms with van der Waals surface area (Å²) in [5.41, 5.74) is 3.72. The Morgan fingerprint density at radius 3 is 2.72 bits per heavy atom. The number of nitrogens with one attached hydrogen (secondary N) is 1. The van der Waals surface area contributed by atoms with Crippen LogP contribution in [0.4, 0.5) is 0 Å². The van der Waals surface area contributed by atoms with E-state index in [0.29, 0.717) is 6.04 Å². The molecule has 0 spiro atoms. The van der Waals surface area contributed by atoms with Crippen molar-refractivity contribution in [1.29, 1.82) is 0 Å². The molecule has 0 saturated carbocycles. The quantitative estimate of drug-likeness (QED) is 0.859. The molecule has 1 N–H and O–H groups in total. The zero-order valence-corrected chi connectivity index (χ0v) is 11.1. The van der Waals surface area contributed by atoms with Gasteiger partial charge in [-0.2, -0.15) is 0 Å². The van der Waals surface area contributed by atoms with E-state index in [4.69, 9.17) is 0 Å². The van der Waals surface area contributed by atoms with Crippen LogP contribution in [0, 0.1) is 0 Å². The van der Waals surface area contributed by atoms with Crippen LogP contribution in [0.2, 0.25) is 0 Å². The fraction of sp³-hybridized carbons (Fsp3) is 0.312. The number of pyridine rings is 1. The molecule has 2 rings (SSSR count). The first kappa shape index (κ1) is 12.8. The summed E-state index contributed by atoms with van der Waals surface area (Å²) in [6.07, 6.45) is 4.87. The molecule has 0 aliphatic carbocycles. The fourth-order valence-corrected chi connectivity index (χ4v) is 2.00. The van der Waals surface area contributed by atoms with Crippen LogP contribution < -0.4 is 5.32 Å². The lowest BCUT2D eigenvalue weighted by atomic mass is 10.0. The van der Waals surface area contributed by atoms with Crippen molar-refractivity contribution in [3.8, 4) is 11.1 Å². The van der Waals surface area contributed by atoms with Gasteiger partial charge >= 0.3 is 0 Å². The zero-order valence-electron chi connectivity index (χ0n) is 11.1. The minimum absolute atomic E-state index is 0.390. The van der Waals surface area contributed by atoms with Gasteiger partial charge in [-0.05, 0) is 48.7 Å². The number of nitrogens with zero attached hydrogens (tertiary/aromatic N) is 1. The second kappa shape index (κ2) is 6.31. The van der Waals surface area contributed by atoms with Crippen LogP contribution >= 0.6 is 0 Å². The summed E-state index contributed by atoms with van der Waals surface area (Å²) in [5.74, 6) is 0. The van der Waals surface area contributed by atoms with Crippen LogP contribution in [0.5, 0.6) is 0 Å². The van der Waals surface area contributed by atoms with Gasteiger partial charge in [-0.3, -0.25) is 4.98 Å². The molecule has 1 atom stereocenters. The van der Waals surface area contributed by atoms with E-state index in [1.165, 1.54) is 16.7 Å². The molecule has 0 amide bonds. The van der Waals surface area contributed by atoms with Crippen molar-refractivity contribution in [1.82, 2.24) is 10.3 Å². The van der Waals surface area contributed by atoms with E-state index in [-0.39, 0.29) is 0 Å². The van der Waals surface area contributed by atoms with Gasteiger partial charge < -0.3 is 5.32 Å². The molecule has 1 heterocycles. The number of hydrogen-bond donors (Lipinski definition) is 1. The van der Waals surface area contributed by atoms with Gasteiger partial charge in [0.15, 0.2) is 0 Å². The van der Waals surface area contributed by atoms with Gasteiger partial charge in [-0.1, -0.05) is 31.2 Å². The Morgan fingerprint density at radius 2 is 2.00 bits per heavy atom. The van der Waals surface area contributed by atoms with Gasteiger partial charge in [0.1, 0.15) is 0 Å². The molecule has 0 aliphatic heterocycles. The predicted octanol–water partition coefficient (Wildman–Crippen LogP) is 3.81. The van der Waals surface area contributed by atoms with E-state index in [0.717, 1.165) is 13.0 Å². The molecule has 0 saturated heterocycles. The van der Waals surface area contributed by atoms with E-state index >= 15 is 0 Å². The van der Waals surface area contributed by atoms with E-state index in [2.05, 4.69) is 54.5 Å². The Bertz CT molecular complexity index is 479. The highest BCUT2D eigenvalue weighted by Gasteiger charge is 2.05. The lowest BCUT2D eigenvalue weighted by Crippen LogP contribution is -2.19. The van der Waals surface area contributed by atoms with Crippen molar-refractivity contribution in [3.05, 3.63) is 54.4 Å². The number of hydrogen-bond acceptors (Lipinski definition) is 2. The molecule has 0 radical (unpaired) electrons. The largest absolute Gasteiger partial charge is 0.310 e. The van der Waals surface area contributed by atoms with Crippen LogP contribution in [0.15, 0.2) is 48.8 Å². The first-order valence-corrected chi connectivity index (χ1v) is 6.55. The Hall–Kier alpha value is -1.67. The van der Waals surface area contributed by atoms with Crippen LogP contribution in [0.25, 0.3) is 11.1 Å². The maximum Gasteiger partial charge on any atom is 0.0346 e. The molecule has 2 nitrogen and oxygen atoms in total. The Balaban J connectivity index is 2.20. The summed E-state index contributed by atoms with van der Waals surface area (Å²) in [4.78, 5) is 4.17. The highest BCUT2D eigenvalue weighted by atomic mass is 14.9. The zero-order chi connectivity index (χ0) is 12.8. The van der Waals surface area contributed by atoms with E-state index < -0.39 is 0 Å². The maximum atomic E-state index is 4.17. The molecule has 94 valence electrons. The van der Waals surface area contributed by atoms with E-state index in [1.54, 1.807) is 6.20 Å². The van der Waals surface area contributed by atoms with Crippen molar-refractivity contribution >= 4 is 0 Å². The summed E-state index contributed by atoms with van der Waals surface area (Å²) >= 11 is 0. The highest BCUT2D eigenvalue weighted by molar-refractivity contribution is 5.63. The third-order valence-corrected chi connectivity index (χ3v) is 3.08. The van der Waals surface area contributed by atoms with Gasteiger partial charge in [-0.25, -0.2) is 0 Å². The topological polar surface area (TPSA) is 24.9 Å². The standard InChI is InChI=1S/C16H20N2/c1-3-9-18-13(2)14-6-4-7-15(11-14)16-8-5-10-17-12-16/h4-8,10-13,18H,3,9H2,1-2H3. The average Bonchev–Trinajstić information content (AvgIpc) is 2.46. The molecule has 2 aromatic rings. The van der Waals surface area contributed by atoms with Gasteiger partial charge in [0.25, 0.3) is 0 Å². The minimum atomic E-state index is 0.390. The first-order chi connectivity index (χ1) is 8.81. The summed E-state index contributed by atoms with van der Waals surface area (Å²) in [6.45, 7) is 5.45. The minimum Gasteiger partial charge on any atom is -0.310 e. The van der Waals surface area contributed by atoms with E-state index in [1.807, 2.05) is 12.3 Å². The predicted molar refractivity (Wildman–Crippen MR) is 76.4 cm³/mol. The van der Waals surface area contributed by atoms with Gasteiger partial charge in [-0.15, -0.1) is 0 Å². The Kier molecular flexibility index (Phi) is 4.48. The first-order valence-electron chi connectivity index (χ1n) is 6.55. The van der Waals surface area contributed by atoms with Crippen LogP contribution in [-0.4, -0.2) is 11.5 Å². The third-order valence-electron chi connectivity index (χ3n) is 3.08. The molecule has 0 aliphatic rings. The van der Waals surface area contributed by atoms with Crippen molar-refractivity contribution < 1.29 is 0 Å². The third kappa shape index (κ3) is 3.17. The lowest BCUT2D eigenvalue weighted by molar-refractivity contribution is 0.571. The van der Waals surface area contributed by atoms with Gasteiger partial charge in [0.05, 0.1) is 0 Å². The smallest absolute Gasteiger partial charge is 0.0346 e. The van der Waals surface area contributed by atoms with Crippen LogP contribution in [-0.2, 0) is 0 Å². The fourth-order valence-electron chi connectivity index (χ4n) is 2.00. The average molecular weight is 240 g/mol. The number of aromatic nitrogens is 1. The summed E-state index contributed by atoms with van der Waals surface area (Å²) in [5, 5.41) is 3.51. The molecule has 0 fully saturated rings. The SMILES string of the molecule is CCCNC(C)c1cccc(-c2cccnc2)c1. The molecule has 1 aromatic carbocycles. The molecule has 1 unspecified atom stereocenters. The molecular formula is C16H20N2. The molecule has 2 heteroatoms. The second-order valence-corrected chi connectivity index (χ2v) is 4.54. The van der Waals surface area contributed by atoms with Gasteiger partial charge in [0, 0.05) is 18.4 Å². The van der Waals surface area contributed by atoms with Crippen molar-refractivity contribution in [2.45, 2.75) is 26.3 Å². The normalized spacial score (nSPS) is 12.3. The Morgan fingerprint density at radius 1 is 1.17 bits per heavy atom. The highest BCUT2D eigenvalue weighted by Crippen LogP contribution is 2.22. The molecule has 1 aromatic heterocycles. The van der Waals surface area contributed by atoms with Gasteiger partial charge in [0.2, 0.25) is 0 Å². The van der Waals surface area contributed by atoms with Crippen molar-refractivity contribution in [2.75, 3.05) is 6.54 Å². The van der Waals surface area contributed by atoms with Crippen LogP contribution in [0.1, 0.15) is 31.9 Å². The van der Waals surface area contributed by atoms with Crippen molar-refractivity contribution in [3.63, 3.8) is 0 Å². The van der Waals surface area contributed by atoms with Crippen LogP contribution in [0.3, 0.4) is 0 Å².